The number of nitrogens with zero attached hydrogens (tertiary/aromatic N) is 2. The summed E-state index contributed by atoms with van der Waals surface area (Å²) in [6, 6.07) is 17.7. The van der Waals surface area contributed by atoms with Crippen molar-refractivity contribution >= 4 is 23.6 Å². The Labute approximate surface area is 177 Å². The molecule has 0 aliphatic carbocycles. The summed E-state index contributed by atoms with van der Waals surface area (Å²) in [6.45, 7) is 0. The fraction of sp³-hybridized carbons (Fsp3) is 0.375. The molecule has 2 bridgehead atoms. The van der Waals surface area contributed by atoms with Gasteiger partial charge in [0.05, 0.1) is 17.5 Å². The van der Waals surface area contributed by atoms with Crippen LogP contribution in [0.15, 0.2) is 59.7 Å². The summed E-state index contributed by atoms with van der Waals surface area (Å²) in [4.78, 5) is 28.0. The minimum atomic E-state index is -0.538. The summed E-state index contributed by atoms with van der Waals surface area (Å²) in [6.07, 6.45) is 7.08. The van der Waals surface area contributed by atoms with Crippen LogP contribution in [0.2, 0.25) is 0 Å². The Morgan fingerprint density at radius 2 is 1.67 bits per heavy atom. The minimum absolute atomic E-state index is 0.0594. The number of carbonyl (C=O) groups excluding carboxylic acids is 2. The van der Waals surface area contributed by atoms with E-state index in [9.17, 15) is 9.59 Å². The van der Waals surface area contributed by atoms with Crippen molar-refractivity contribution in [2.75, 3.05) is 12.5 Å². The van der Waals surface area contributed by atoms with Gasteiger partial charge >= 0.3 is 0 Å². The number of ketones is 1. The van der Waals surface area contributed by atoms with Gasteiger partial charge < -0.3 is 10.2 Å². The number of hydrogen-bond acceptors (Lipinski definition) is 5. The van der Waals surface area contributed by atoms with Gasteiger partial charge in [0.1, 0.15) is 0 Å². The summed E-state index contributed by atoms with van der Waals surface area (Å²) in [7, 11) is 2.18. The minimum Gasteiger partial charge on any atom is -0.346 e. The number of benzene rings is 2. The van der Waals surface area contributed by atoms with Gasteiger partial charge in [-0.1, -0.05) is 48.9 Å². The van der Waals surface area contributed by atoms with Crippen LogP contribution in [0.3, 0.4) is 0 Å². The highest BCUT2D eigenvalue weighted by Gasteiger charge is 2.37. The Bertz CT molecular complexity index is 914. The molecule has 1 amide bonds. The molecular formula is C24H28N4O2. The molecule has 2 N–H and O–H groups in total. The lowest BCUT2D eigenvalue weighted by atomic mass is 9.82. The van der Waals surface area contributed by atoms with Crippen LogP contribution in [-0.4, -0.2) is 48.0 Å². The van der Waals surface area contributed by atoms with E-state index in [0.717, 1.165) is 18.4 Å². The number of hydrogen-bond donors (Lipinski definition) is 2. The SMILES string of the molecule is CN1C2CCCC1CC(NC(=O)C(=O)c1ccccc1N/N=C/c1ccccc1)C2. The third kappa shape index (κ3) is 4.60. The second kappa shape index (κ2) is 9.22. The standard InChI is InChI=1S/C24H28N4O2/c1-28-19-10-7-11-20(28)15-18(14-19)26-24(30)23(29)21-12-5-6-13-22(21)27-25-16-17-8-3-2-4-9-17/h2-6,8-9,12-13,16,18-20,27H,7,10-11,14-15H2,1H3,(H,26,30)/b25-16+. The average Bonchev–Trinajstić information content (AvgIpc) is 2.75. The lowest BCUT2D eigenvalue weighted by molar-refractivity contribution is -0.118. The Kier molecular flexibility index (Phi) is 6.23. The van der Waals surface area contributed by atoms with E-state index in [-0.39, 0.29) is 6.04 Å². The highest BCUT2D eigenvalue weighted by atomic mass is 16.2. The maximum Gasteiger partial charge on any atom is 0.292 e. The molecule has 2 aliphatic rings. The number of para-hydroxylation sites is 1. The van der Waals surface area contributed by atoms with Gasteiger partial charge in [-0.3, -0.25) is 15.0 Å². The van der Waals surface area contributed by atoms with Crippen molar-refractivity contribution < 1.29 is 9.59 Å². The smallest absolute Gasteiger partial charge is 0.292 e. The Morgan fingerprint density at radius 3 is 2.40 bits per heavy atom. The van der Waals surface area contributed by atoms with Crippen molar-refractivity contribution in [1.82, 2.24) is 10.2 Å². The van der Waals surface area contributed by atoms with E-state index in [1.165, 1.54) is 19.3 Å². The Morgan fingerprint density at radius 1 is 1.00 bits per heavy atom. The van der Waals surface area contributed by atoms with Gasteiger partial charge in [-0.15, -0.1) is 0 Å². The van der Waals surface area contributed by atoms with Crippen molar-refractivity contribution in [3.63, 3.8) is 0 Å². The van der Waals surface area contributed by atoms with E-state index in [0.29, 0.717) is 23.3 Å². The molecule has 30 heavy (non-hydrogen) atoms. The predicted octanol–water partition coefficient (Wildman–Crippen LogP) is 3.45. The average molecular weight is 405 g/mol. The quantitative estimate of drug-likeness (QED) is 0.335. The zero-order chi connectivity index (χ0) is 20.9. The first-order valence-corrected chi connectivity index (χ1v) is 10.6. The largest absolute Gasteiger partial charge is 0.346 e. The molecule has 0 saturated carbocycles. The van der Waals surface area contributed by atoms with Crippen LogP contribution < -0.4 is 10.7 Å². The van der Waals surface area contributed by atoms with E-state index in [4.69, 9.17) is 0 Å². The molecule has 6 nitrogen and oxygen atoms in total. The summed E-state index contributed by atoms with van der Waals surface area (Å²) < 4.78 is 0. The van der Waals surface area contributed by atoms with Crippen molar-refractivity contribution in [3.05, 3.63) is 65.7 Å². The molecule has 2 aromatic carbocycles. The van der Waals surface area contributed by atoms with Gasteiger partial charge in [-0.05, 0) is 50.4 Å². The highest BCUT2D eigenvalue weighted by molar-refractivity contribution is 6.44. The summed E-state index contributed by atoms with van der Waals surface area (Å²) in [5.74, 6) is -1.07. The summed E-state index contributed by atoms with van der Waals surface area (Å²) >= 11 is 0. The van der Waals surface area contributed by atoms with Gasteiger partial charge in [-0.25, -0.2) is 0 Å². The number of carbonyl (C=O) groups is 2. The molecule has 0 aromatic heterocycles. The summed E-state index contributed by atoms with van der Waals surface area (Å²) in [5, 5.41) is 7.21. The van der Waals surface area contributed by atoms with E-state index in [1.807, 2.05) is 36.4 Å². The number of piperidine rings is 2. The van der Waals surface area contributed by atoms with Crippen LogP contribution in [0, 0.1) is 0 Å². The molecule has 2 aromatic rings. The molecular weight excluding hydrogens is 376 g/mol. The van der Waals surface area contributed by atoms with Crippen molar-refractivity contribution in [2.45, 2.75) is 50.2 Å². The van der Waals surface area contributed by atoms with E-state index >= 15 is 0 Å². The topological polar surface area (TPSA) is 73.8 Å². The zero-order valence-corrected chi connectivity index (χ0v) is 17.3. The van der Waals surface area contributed by atoms with Crippen LogP contribution in [0.25, 0.3) is 0 Å². The van der Waals surface area contributed by atoms with Crippen LogP contribution >= 0.6 is 0 Å². The number of anilines is 1. The molecule has 0 spiro atoms. The molecule has 6 heteroatoms. The van der Waals surface area contributed by atoms with Crippen molar-refractivity contribution in [1.29, 1.82) is 0 Å². The maximum atomic E-state index is 12.9. The second-order valence-electron chi connectivity index (χ2n) is 8.20. The predicted molar refractivity (Wildman–Crippen MR) is 119 cm³/mol. The number of Topliss-reactive ketones (excluding diaryl/α,β-unsaturated/α-hetero) is 1. The molecule has 4 rings (SSSR count). The molecule has 2 saturated heterocycles. The number of hydrazone groups is 1. The molecule has 156 valence electrons. The normalized spacial score (nSPS) is 23.8. The highest BCUT2D eigenvalue weighted by Crippen LogP contribution is 2.32. The van der Waals surface area contributed by atoms with Gasteiger partial charge in [0.2, 0.25) is 0 Å². The maximum absolute atomic E-state index is 12.9. The molecule has 2 unspecified atom stereocenters. The van der Waals surface area contributed by atoms with Gasteiger partial charge in [0, 0.05) is 18.1 Å². The Balaban J connectivity index is 1.40. The lowest BCUT2D eigenvalue weighted by Crippen LogP contribution is -2.55. The lowest BCUT2D eigenvalue weighted by Gasteiger charge is -2.47. The molecule has 2 atom stereocenters. The van der Waals surface area contributed by atoms with E-state index in [2.05, 4.69) is 27.8 Å². The second-order valence-corrected chi connectivity index (χ2v) is 8.20. The monoisotopic (exact) mass is 404 g/mol. The third-order valence-electron chi connectivity index (χ3n) is 6.25. The van der Waals surface area contributed by atoms with E-state index < -0.39 is 11.7 Å². The first-order valence-electron chi connectivity index (χ1n) is 10.6. The van der Waals surface area contributed by atoms with Crippen LogP contribution in [-0.2, 0) is 4.79 Å². The number of amides is 1. The molecule has 0 radical (unpaired) electrons. The van der Waals surface area contributed by atoms with Crippen molar-refractivity contribution in [2.24, 2.45) is 5.10 Å². The number of fused-ring (bicyclic) bond motifs is 2. The molecule has 2 fully saturated rings. The summed E-state index contributed by atoms with van der Waals surface area (Å²) in [5.41, 5.74) is 4.69. The fourth-order valence-electron chi connectivity index (χ4n) is 4.60. The Hall–Kier alpha value is -2.99. The number of rotatable bonds is 6. The van der Waals surface area contributed by atoms with Gasteiger partial charge in [0.15, 0.2) is 0 Å². The number of nitrogens with one attached hydrogen (secondary N) is 2. The molecule has 2 aliphatic heterocycles. The first-order chi connectivity index (χ1) is 14.6. The third-order valence-corrected chi connectivity index (χ3v) is 6.25. The van der Waals surface area contributed by atoms with Crippen LogP contribution in [0.5, 0.6) is 0 Å². The van der Waals surface area contributed by atoms with Gasteiger partial charge in [0.25, 0.3) is 11.7 Å². The van der Waals surface area contributed by atoms with Crippen LogP contribution in [0.4, 0.5) is 5.69 Å². The van der Waals surface area contributed by atoms with Crippen molar-refractivity contribution in [3.8, 4) is 0 Å². The van der Waals surface area contributed by atoms with Crippen LogP contribution in [0.1, 0.15) is 48.0 Å². The zero-order valence-electron chi connectivity index (χ0n) is 17.3. The fourth-order valence-corrected chi connectivity index (χ4v) is 4.60. The first kappa shape index (κ1) is 20.3. The molecule has 2 heterocycles. The van der Waals surface area contributed by atoms with E-state index in [1.54, 1.807) is 24.4 Å². The van der Waals surface area contributed by atoms with Gasteiger partial charge in [-0.2, -0.15) is 5.10 Å².